The molecule has 3 heterocycles. The summed E-state index contributed by atoms with van der Waals surface area (Å²) in [5.74, 6) is 0.241. The second-order valence-electron chi connectivity index (χ2n) is 6.73. The molecule has 0 aliphatic carbocycles. The second kappa shape index (κ2) is 7.81. The van der Waals surface area contributed by atoms with Crippen LogP contribution in [-0.2, 0) is 16.8 Å². The first kappa shape index (κ1) is 18.9. The van der Waals surface area contributed by atoms with Gasteiger partial charge in [0.05, 0.1) is 17.6 Å². The summed E-state index contributed by atoms with van der Waals surface area (Å²) in [6.07, 6.45) is 7.92. The van der Waals surface area contributed by atoms with Crippen molar-refractivity contribution in [1.29, 1.82) is 0 Å². The quantitative estimate of drug-likeness (QED) is 0.764. The van der Waals surface area contributed by atoms with Crippen molar-refractivity contribution in [2.75, 3.05) is 27.2 Å². The normalized spacial score (nSPS) is 17.1. The van der Waals surface area contributed by atoms with Crippen molar-refractivity contribution in [3.05, 3.63) is 30.4 Å². The molecule has 0 spiro atoms. The molecule has 0 saturated carbocycles. The zero-order chi connectivity index (χ0) is 18.7. The molecule has 0 N–H and O–H groups in total. The molecule has 0 bridgehead atoms. The number of hydrogen-bond donors (Lipinski definition) is 0. The van der Waals surface area contributed by atoms with Gasteiger partial charge in [-0.3, -0.25) is 14.6 Å². The second-order valence-corrected chi connectivity index (χ2v) is 8.87. The first-order valence-electron chi connectivity index (χ1n) is 8.95. The van der Waals surface area contributed by atoms with Crippen molar-refractivity contribution in [3.63, 3.8) is 0 Å². The fourth-order valence-corrected chi connectivity index (χ4v) is 4.37. The van der Waals surface area contributed by atoms with Gasteiger partial charge in [0.1, 0.15) is 5.69 Å². The van der Waals surface area contributed by atoms with Gasteiger partial charge < -0.3 is 0 Å². The highest BCUT2D eigenvalue weighted by Crippen LogP contribution is 2.28. The summed E-state index contributed by atoms with van der Waals surface area (Å²) < 4.78 is 29.2. The Labute approximate surface area is 155 Å². The molecule has 3 rings (SSSR count). The third kappa shape index (κ3) is 3.79. The van der Waals surface area contributed by atoms with Crippen molar-refractivity contribution in [1.82, 2.24) is 28.4 Å². The summed E-state index contributed by atoms with van der Waals surface area (Å²) in [5.41, 5.74) is 2.71. The highest BCUT2D eigenvalue weighted by Gasteiger charge is 2.30. The zero-order valence-corrected chi connectivity index (χ0v) is 16.4. The largest absolute Gasteiger partial charge is 0.281 e. The summed E-state index contributed by atoms with van der Waals surface area (Å²) >= 11 is 0. The van der Waals surface area contributed by atoms with Crippen molar-refractivity contribution in [3.8, 4) is 11.4 Å². The van der Waals surface area contributed by atoms with Gasteiger partial charge in [-0.2, -0.15) is 22.1 Å². The minimum Gasteiger partial charge on any atom is -0.263 e. The molecular formula is C17H26N6O2S. The Hall–Kier alpha value is -1.84. The van der Waals surface area contributed by atoms with Crippen LogP contribution in [0, 0.1) is 0 Å². The molecule has 0 aromatic carbocycles. The summed E-state index contributed by atoms with van der Waals surface area (Å²) in [7, 11) is -0.203. The van der Waals surface area contributed by atoms with Gasteiger partial charge in [-0.15, -0.1) is 0 Å². The molecule has 26 heavy (non-hydrogen) atoms. The number of aryl methyl sites for hydroxylation is 1. The van der Waals surface area contributed by atoms with Crippen molar-refractivity contribution in [2.24, 2.45) is 0 Å². The van der Waals surface area contributed by atoms with Gasteiger partial charge in [0.2, 0.25) is 0 Å². The SMILES string of the molecule is CCCn1nccc1-c1cnc(C2CCN(S(=O)(=O)N(C)C)CC2)cn1. The van der Waals surface area contributed by atoms with E-state index >= 15 is 0 Å². The number of hydrogen-bond acceptors (Lipinski definition) is 5. The lowest BCUT2D eigenvalue weighted by molar-refractivity contribution is 0.300. The predicted molar refractivity (Wildman–Crippen MR) is 99.7 cm³/mol. The van der Waals surface area contributed by atoms with Crippen molar-refractivity contribution < 1.29 is 8.42 Å². The maximum atomic E-state index is 12.2. The van der Waals surface area contributed by atoms with E-state index in [-0.39, 0.29) is 5.92 Å². The molecule has 1 aliphatic rings. The standard InChI is InChI=1S/C17H26N6O2S/c1-4-9-23-17(5-8-20-23)16-13-18-15(12-19-16)14-6-10-22(11-7-14)26(24,25)21(2)3/h5,8,12-14H,4,6-7,9-11H2,1-3H3. The topological polar surface area (TPSA) is 84.2 Å². The zero-order valence-electron chi connectivity index (χ0n) is 15.5. The Morgan fingerprint density at radius 1 is 1.19 bits per heavy atom. The van der Waals surface area contributed by atoms with E-state index in [0.717, 1.165) is 42.9 Å². The molecular weight excluding hydrogens is 352 g/mol. The maximum absolute atomic E-state index is 12.2. The van der Waals surface area contributed by atoms with E-state index < -0.39 is 10.2 Å². The number of aromatic nitrogens is 4. The van der Waals surface area contributed by atoms with E-state index in [2.05, 4.69) is 22.0 Å². The average molecular weight is 379 g/mol. The van der Waals surface area contributed by atoms with Gasteiger partial charge in [0, 0.05) is 52.0 Å². The van der Waals surface area contributed by atoms with Gasteiger partial charge in [-0.25, -0.2) is 0 Å². The van der Waals surface area contributed by atoms with Crippen LogP contribution in [0.25, 0.3) is 11.4 Å². The van der Waals surface area contributed by atoms with Crippen LogP contribution in [0.15, 0.2) is 24.7 Å². The van der Waals surface area contributed by atoms with Crippen LogP contribution in [0.4, 0.5) is 0 Å². The molecule has 0 radical (unpaired) electrons. The molecule has 8 nitrogen and oxygen atoms in total. The van der Waals surface area contributed by atoms with Crippen LogP contribution in [0.2, 0.25) is 0 Å². The Morgan fingerprint density at radius 3 is 2.50 bits per heavy atom. The highest BCUT2D eigenvalue weighted by molar-refractivity contribution is 7.86. The van der Waals surface area contributed by atoms with Crippen LogP contribution >= 0.6 is 0 Å². The third-order valence-electron chi connectivity index (χ3n) is 4.75. The smallest absolute Gasteiger partial charge is 0.263 e. The van der Waals surface area contributed by atoms with Crippen molar-refractivity contribution >= 4 is 10.2 Å². The first-order valence-corrected chi connectivity index (χ1v) is 10.3. The lowest BCUT2D eigenvalue weighted by Gasteiger charge is -2.32. The van der Waals surface area contributed by atoms with E-state index in [9.17, 15) is 8.42 Å². The minimum absolute atomic E-state index is 0.241. The van der Waals surface area contributed by atoms with Crippen LogP contribution in [0.3, 0.4) is 0 Å². The predicted octanol–water partition coefficient (Wildman–Crippen LogP) is 1.74. The molecule has 1 aliphatic heterocycles. The number of piperidine rings is 1. The number of nitrogens with zero attached hydrogens (tertiary/aromatic N) is 6. The third-order valence-corrected chi connectivity index (χ3v) is 6.69. The molecule has 2 aromatic rings. The Morgan fingerprint density at radius 2 is 1.92 bits per heavy atom. The number of rotatable bonds is 6. The maximum Gasteiger partial charge on any atom is 0.281 e. The highest BCUT2D eigenvalue weighted by atomic mass is 32.2. The molecule has 142 valence electrons. The van der Waals surface area contributed by atoms with Crippen molar-refractivity contribution in [2.45, 2.75) is 38.6 Å². The molecule has 9 heteroatoms. The Bertz CT molecular complexity index is 823. The van der Waals surface area contributed by atoms with E-state index in [1.54, 1.807) is 26.5 Å². The molecule has 0 amide bonds. The molecule has 0 atom stereocenters. The Balaban J connectivity index is 1.68. The van der Waals surface area contributed by atoms with Gasteiger partial charge in [0.25, 0.3) is 10.2 Å². The Kier molecular flexibility index (Phi) is 5.69. The summed E-state index contributed by atoms with van der Waals surface area (Å²) in [6, 6.07) is 1.95. The van der Waals surface area contributed by atoms with Crippen LogP contribution in [0.1, 0.15) is 37.8 Å². The fourth-order valence-electron chi connectivity index (χ4n) is 3.23. The summed E-state index contributed by atoms with van der Waals surface area (Å²) in [5, 5.41) is 4.32. The van der Waals surface area contributed by atoms with E-state index in [1.807, 2.05) is 16.9 Å². The van der Waals surface area contributed by atoms with Gasteiger partial charge in [0.15, 0.2) is 0 Å². The summed E-state index contributed by atoms with van der Waals surface area (Å²) in [4.78, 5) is 9.17. The van der Waals surface area contributed by atoms with Crippen LogP contribution in [-0.4, -0.2) is 64.0 Å². The average Bonchev–Trinajstić information content (AvgIpc) is 3.10. The van der Waals surface area contributed by atoms with Crippen LogP contribution in [0.5, 0.6) is 0 Å². The van der Waals surface area contributed by atoms with Gasteiger partial charge >= 0.3 is 0 Å². The molecule has 1 saturated heterocycles. The van der Waals surface area contributed by atoms with Crippen LogP contribution < -0.4 is 0 Å². The molecule has 1 fully saturated rings. The van der Waals surface area contributed by atoms with Gasteiger partial charge in [-0.1, -0.05) is 6.92 Å². The summed E-state index contributed by atoms with van der Waals surface area (Å²) in [6.45, 7) is 3.99. The van der Waals surface area contributed by atoms with Gasteiger partial charge in [-0.05, 0) is 25.3 Å². The van der Waals surface area contributed by atoms with E-state index in [0.29, 0.717) is 13.1 Å². The first-order chi connectivity index (χ1) is 12.4. The lowest BCUT2D eigenvalue weighted by Crippen LogP contribution is -2.44. The fraction of sp³-hybridized carbons (Fsp3) is 0.588. The molecule has 0 unspecified atom stereocenters. The van der Waals surface area contributed by atoms with E-state index in [1.165, 1.54) is 8.61 Å². The van der Waals surface area contributed by atoms with E-state index in [4.69, 9.17) is 0 Å². The molecule has 2 aromatic heterocycles. The minimum atomic E-state index is -3.33. The monoisotopic (exact) mass is 378 g/mol. The lowest BCUT2D eigenvalue weighted by atomic mass is 9.95.